The molecule has 1 aliphatic carbocycles. The van der Waals surface area contributed by atoms with Crippen LogP contribution in [0.3, 0.4) is 0 Å². The molecule has 1 saturated carbocycles. The minimum absolute atomic E-state index is 0.0102. The third-order valence-electron chi connectivity index (χ3n) is 6.47. The highest BCUT2D eigenvalue weighted by molar-refractivity contribution is 5.95. The van der Waals surface area contributed by atoms with Gasteiger partial charge in [0.05, 0.1) is 5.69 Å². The lowest BCUT2D eigenvalue weighted by Crippen LogP contribution is -2.25. The zero-order valence-corrected chi connectivity index (χ0v) is 20.2. The van der Waals surface area contributed by atoms with Crippen LogP contribution in [-0.2, 0) is 6.61 Å². The number of rotatable bonds is 10. The molecule has 0 radical (unpaired) electrons. The third-order valence-corrected chi connectivity index (χ3v) is 6.47. The largest absolute Gasteiger partial charge is 0.487 e. The quantitative estimate of drug-likeness (QED) is 0.350. The van der Waals surface area contributed by atoms with Gasteiger partial charge in [-0.15, -0.1) is 0 Å². The van der Waals surface area contributed by atoms with Crippen molar-refractivity contribution >= 4 is 17.3 Å². The molecule has 0 bridgehead atoms. The summed E-state index contributed by atoms with van der Waals surface area (Å²) >= 11 is 0. The molecule has 5 nitrogen and oxygen atoms in total. The van der Waals surface area contributed by atoms with Gasteiger partial charge in [-0.1, -0.05) is 51.7 Å². The molecule has 1 aromatic heterocycles. The Bertz CT molecular complexity index is 1080. The Morgan fingerprint density at radius 1 is 1.06 bits per heavy atom. The van der Waals surface area contributed by atoms with Crippen molar-refractivity contribution in [3.8, 4) is 5.75 Å². The topological polar surface area (TPSA) is 63.2 Å². The molecule has 1 fully saturated rings. The van der Waals surface area contributed by atoms with E-state index in [1.807, 2.05) is 54.6 Å². The first kappa shape index (κ1) is 23.8. The first-order valence-corrected chi connectivity index (χ1v) is 12.4. The summed E-state index contributed by atoms with van der Waals surface area (Å²) in [5, 5.41) is 6.60. The highest BCUT2D eigenvalue weighted by Gasteiger charge is 2.15. The standard InChI is InChI=1S/C29H35N3O2/c1-21(2)27-19-26(34-20-25-11-5-6-16-30-25)13-14-28(27)32-24-12-7-10-23(18-24)29(33)31-17-15-22-8-3-4-9-22/h5-7,10-14,16,18-19,21-22,32H,3-4,8-9,15,17,20H2,1-2H3,(H,31,33). The van der Waals surface area contributed by atoms with Gasteiger partial charge in [0.15, 0.2) is 0 Å². The second kappa shape index (κ2) is 11.7. The number of ether oxygens (including phenoxy) is 1. The molecule has 4 rings (SSSR count). The molecule has 3 aromatic rings. The van der Waals surface area contributed by atoms with Crippen LogP contribution >= 0.6 is 0 Å². The molecule has 0 spiro atoms. The maximum atomic E-state index is 12.7. The normalized spacial score (nSPS) is 13.7. The van der Waals surface area contributed by atoms with Crippen molar-refractivity contribution in [3.63, 3.8) is 0 Å². The van der Waals surface area contributed by atoms with Crippen LogP contribution in [0.15, 0.2) is 66.9 Å². The monoisotopic (exact) mass is 457 g/mol. The molecular formula is C29H35N3O2. The Balaban J connectivity index is 1.39. The smallest absolute Gasteiger partial charge is 0.251 e. The van der Waals surface area contributed by atoms with E-state index in [-0.39, 0.29) is 5.91 Å². The number of carbonyl (C=O) groups excluding carboxylic acids is 1. The number of nitrogens with one attached hydrogen (secondary N) is 2. The van der Waals surface area contributed by atoms with Gasteiger partial charge in [-0.3, -0.25) is 9.78 Å². The number of benzene rings is 2. The van der Waals surface area contributed by atoms with Crippen molar-refractivity contribution in [2.75, 3.05) is 11.9 Å². The summed E-state index contributed by atoms with van der Waals surface area (Å²) in [4.78, 5) is 17.0. The van der Waals surface area contributed by atoms with Gasteiger partial charge in [-0.05, 0) is 72.4 Å². The van der Waals surface area contributed by atoms with Crippen LogP contribution in [-0.4, -0.2) is 17.4 Å². The van der Waals surface area contributed by atoms with E-state index in [1.54, 1.807) is 6.20 Å². The van der Waals surface area contributed by atoms with Gasteiger partial charge < -0.3 is 15.4 Å². The van der Waals surface area contributed by atoms with Crippen molar-refractivity contribution in [3.05, 3.63) is 83.7 Å². The summed E-state index contributed by atoms with van der Waals surface area (Å²) in [6, 6.07) is 19.6. The number of amides is 1. The predicted octanol–water partition coefficient (Wildman–Crippen LogP) is 6.84. The first-order valence-electron chi connectivity index (χ1n) is 12.4. The van der Waals surface area contributed by atoms with Crippen molar-refractivity contribution < 1.29 is 9.53 Å². The van der Waals surface area contributed by atoms with E-state index in [2.05, 4.69) is 35.5 Å². The average Bonchev–Trinajstić information content (AvgIpc) is 3.37. The molecule has 2 aromatic carbocycles. The van der Waals surface area contributed by atoms with Crippen LogP contribution < -0.4 is 15.4 Å². The molecule has 0 saturated heterocycles. The van der Waals surface area contributed by atoms with Gasteiger partial charge in [0.2, 0.25) is 0 Å². The summed E-state index contributed by atoms with van der Waals surface area (Å²) in [5.74, 6) is 1.89. The fraction of sp³-hybridized carbons (Fsp3) is 0.379. The lowest BCUT2D eigenvalue weighted by Gasteiger charge is -2.17. The maximum Gasteiger partial charge on any atom is 0.251 e. The Hall–Kier alpha value is -3.34. The van der Waals surface area contributed by atoms with Gasteiger partial charge in [0.25, 0.3) is 5.91 Å². The number of hydrogen-bond acceptors (Lipinski definition) is 4. The first-order chi connectivity index (χ1) is 16.6. The minimum atomic E-state index is -0.0102. The number of aromatic nitrogens is 1. The molecule has 1 heterocycles. The van der Waals surface area contributed by atoms with Gasteiger partial charge in [0.1, 0.15) is 12.4 Å². The lowest BCUT2D eigenvalue weighted by atomic mass is 10.0. The van der Waals surface area contributed by atoms with Gasteiger partial charge in [-0.2, -0.15) is 0 Å². The van der Waals surface area contributed by atoms with E-state index in [0.29, 0.717) is 18.1 Å². The average molecular weight is 458 g/mol. The highest BCUT2D eigenvalue weighted by Crippen LogP contribution is 2.31. The van der Waals surface area contributed by atoms with Crippen LogP contribution in [0.25, 0.3) is 0 Å². The van der Waals surface area contributed by atoms with E-state index in [0.717, 1.165) is 47.3 Å². The Morgan fingerprint density at radius 3 is 2.68 bits per heavy atom. The van der Waals surface area contributed by atoms with Crippen LogP contribution in [0.4, 0.5) is 11.4 Å². The number of nitrogens with zero attached hydrogens (tertiary/aromatic N) is 1. The SMILES string of the molecule is CC(C)c1cc(OCc2ccccn2)ccc1Nc1cccc(C(=O)NCCC2CCCC2)c1. The number of carbonyl (C=O) groups is 1. The second-order valence-corrected chi connectivity index (χ2v) is 9.41. The lowest BCUT2D eigenvalue weighted by molar-refractivity contribution is 0.0951. The highest BCUT2D eigenvalue weighted by atomic mass is 16.5. The molecule has 0 aliphatic heterocycles. The number of hydrogen-bond donors (Lipinski definition) is 2. The van der Waals surface area contributed by atoms with Crippen LogP contribution in [0.2, 0.25) is 0 Å². The van der Waals surface area contributed by atoms with Gasteiger partial charge in [-0.25, -0.2) is 0 Å². The predicted molar refractivity (Wildman–Crippen MR) is 138 cm³/mol. The molecule has 178 valence electrons. The van der Waals surface area contributed by atoms with E-state index < -0.39 is 0 Å². The molecule has 2 N–H and O–H groups in total. The fourth-order valence-corrected chi connectivity index (χ4v) is 4.55. The molecule has 0 atom stereocenters. The van der Waals surface area contributed by atoms with Crippen LogP contribution in [0.1, 0.15) is 73.5 Å². The molecule has 5 heteroatoms. The van der Waals surface area contributed by atoms with Crippen LogP contribution in [0, 0.1) is 5.92 Å². The summed E-state index contributed by atoms with van der Waals surface area (Å²) < 4.78 is 5.97. The maximum absolute atomic E-state index is 12.7. The zero-order chi connectivity index (χ0) is 23.8. The van der Waals surface area contributed by atoms with E-state index in [4.69, 9.17) is 4.74 Å². The summed E-state index contributed by atoms with van der Waals surface area (Å²) in [6.07, 6.45) is 8.14. The molecule has 0 unspecified atom stereocenters. The van der Waals surface area contributed by atoms with E-state index in [1.165, 1.54) is 25.7 Å². The number of anilines is 2. The molecule has 1 amide bonds. The zero-order valence-electron chi connectivity index (χ0n) is 20.2. The number of pyridine rings is 1. The Kier molecular flexibility index (Phi) is 8.18. The van der Waals surface area contributed by atoms with Crippen molar-refractivity contribution in [1.82, 2.24) is 10.3 Å². The Labute approximate surface area is 203 Å². The van der Waals surface area contributed by atoms with Crippen molar-refractivity contribution in [1.29, 1.82) is 0 Å². The van der Waals surface area contributed by atoms with Gasteiger partial charge in [0, 0.05) is 29.7 Å². The minimum Gasteiger partial charge on any atom is -0.487 e. The van der Waals surface area contributed by atoms with Crippen molar-refractivity contribution in [2.24, 2.45) is 5.92 Å². The third kappa shape index (κ3) is 6.60. The van der Waals surface area contributed by atoms with Gasteiger partial charge >= 0.3 is 0 Å². The van der Waals surface area contributed by atoms with Crippen molar-refractivity contribution in [2.45, 2.75) is 58.5 Å². The van der Waals surface area contributed by atoms with Crippen LogP contribution in [0.5, 0.6) is 5.75 Å². The molecule has 34 heavy (non-hydrogen) atoms. The Morgan fingerprint density at radius 2 is 1.91 bits per heavy atom. The van der Waals surface area contributed by atoms with E-state index >= 15 is 0 Å². The second-order valence-electron chi connectivity index (χ2n) is 9.41. The summed E-state index contributed by atoms with van der Waals surface area (Å²) in [6.45, 7) is 5.51. The van der Waals surface area contributed by atoms with E-state index in [9.17, 15) is 4.79 Å². The molecule has 1 aliphatic rings. The molecular weight excluding hydrogens is 422 g/mol. The summed E-state index contributed by atoms with van der Waals surface area (Å²) in [7, 11) is 0. The summed E-state index contributed by atoms with van der Waals surface area (Å²) in [5.41, 5.74) is 4.64. The fourth-order valence-electron chi connectivity index (χ4n) is 4.55.